The van der Waals surface area contributed by atoms with Gasteiger partial charge in [0.15, 0.2) is 0 Å². The number of carbonyl (C=O) groups is 1. The second-order valence-electron chi connectivity index (χ2n) is 6.00. The number of hydrogen-bond acceptors (Lipinski definition) is 3. The summed E-state index contributed by atoms with van der Waals surface area (Å²) in [7, 11) is 1.52. The summed E-state index contributed by atoms with van der Waals surface area (Å²) < 4.78 is 21.0. The zero-order chi connectivity index (χ0) is 19.4. The molecule has 0 fully saturated rings. The van der Waals surface area contributed by atoms with Crippen LogP contribution in [0.15, 0.2) is 65.3 Å². The van der Waals surface area contributed by atoms with E-state index >= 15 is 4.39 Å². The van der Waals surface area contributed by atoms with Gasteiger partial charge in [-0.25, -0.2) is 9.37 Å². The normalized spacial score (nSPS) is 13.0. The van der Waals surface area contributed by atoms with Gasteiger partial charge in [0, 0.05) is 33.7 Å². The number of aldehydes is 1. The number of methoxy groups -OCH3 is 1. The van der Waals surface area contributed by atoms with E-state index in [1.54, 1.807) is 30.5 Å². The molecule has 3 nitrogen and oxygen atoms in total. The van der Waals surface area contributed by atoms with E-state index in [4.69, 9.17) is 16.3 Å². The van der Waals surface area contributed by atoms with Gasteiger partial charge in [-0.1, -0.05) is 51.8 Å². The first kappa shape index (κ1) is 19.5. The van der Waals surface area contributed by atoms with Crippen molar-refractivity contribution < 1.29 is 13.9 Å². The van der Waals surface area contributed by atoms with E-state index in [1.807, 2.05) is 24.3 Å². The molecule has 6 heteroatoms. The monoisotopic (exact) mass is 447 g/mol. The van der Waals surface area contributed by atoms with Gasteiger partial charge in [-0.2, -0.15) is 0 Å². The van der Waals surface area contributed by atoms with Crippen LogP contribution in [0.3, 0.4) is 0 Å². The first-order valence-electron chi connectivity index (χ1n) is 8.17. The molecule has 0 aliphatic heterocycles. The Morgan fingerprint density at radius 2 is 1.85 bits per heavy atom. The first-order chi connectivity index (χ1) is 13.0. The molecule has 0 radical (unpaired) electrons. The van der Waals surface area contributed by atoms with Crippen molar-refractivity contribution in [2.45, 2.75) is 11.8 Å². The van der Waals surface area contributed by atoms with Crippen molar-refractivity contribution in [2.24, 2.45) is 0 Å². The van der Waals surface area contributed by atoms with Crippen LogP contribution in [0.2, 0.25) is 5.02 Å². The highest BCUT2D eigenvalue weighted by Crippen LogP contribution is 2.43. The molecule has 3 rings (SSSR count). The van der Waals surface area contributed by atoms with Crippen LogP contribution in [0.25, 0.3) is 0 Å². The van der Waals surface area contributed by atoms with Crippen molar-refractivity contribution in [3.63, 3.8) is 0 Å². The fraction of sp³-hybridized carbons (Fsp3) is 0.143. The van der Waals surface area contributed by atoms with E-state index in [2.05, 4.69) is 20.9 Å². The van der Waals surface area contributed by atoms with Gasteiger partial charge in [0.2, 0.25) is 5.88 Å². The fourth-order valence-corrected chi connectivity index (χ4v) is 3.69. The minimum atomic E-state index is -1.05. The number of hydrogen-bond donors (Lipinski definition) is 0. The van der Waals surface area contributed by atoms with Crippen molar-refractivity contribution in [1.82, 2.24) is 4.98 Å². The number of halogens is 3. The summed E-state index contributed by atoms with van der Waals surface area (Å²) in [5, 5.41) is 0.292. The van der Waals surface area contributed by atoms with Gasteiger partial charge < -0.3 is 9.53 Å². The molecule has 0 bridgehead atoms. The maximum absolute atomic E-state index is 15.0. The lowest BCUT2D eigenvalue weighted by Gasteiger charge is -2.34. The van der Waals surface area contributed by atoms with Crippen molar-refractivity contribution in [3.05, 3.63) is 92.8 Å². The Morgan fingerprint density at radius 1 is 1.15 bits per heavy atom. The molecule has 0 saturated heterocycles. The van der Waals surface area contributed by atoms with Crippen molar-refractivity contribution in [1.29, 1.82) is 0 Å². The lowest BCUT2D eigenvalue weighted by Crippen LogP contribution is -2.31. The Kier molecular flexibility index (Phi) is 5.92. The Morgan fingerprint density at radius 3 is 2.41 bits per heavy atom. The maximum atomic E-state index is 15.0. The number of benzene rings is 2. The molecule has 0 spiro atoms. The second kappa shape index (κ2) is 8.19. The fourth-order valence-electron chi connectivity index (χ4n) is 3.27. The Labute approximate surface area is 170 Å². The topological polar surface area (TPSA) is 39.2 Å². The Balaban J connectivity index is 2.34. The summed E-state index contributed by atoms with van der Waals surface area (Å²) in [6.07, 6.45) is 2.44. The van der Waals surface area contributed by atoms with Crippen LogP contribution >= 0.6 is 27.5 Å². The number of nitrogens with zero attached hydrogens (tertiary/aromatic N) is 1. The second-order valence-corrected chi connectivity index (χ2v) is 7.35. The molecule has 1 atom stereocenters. The molecular formula is C21H16BrClFNO2. The molecule has 27 heavy (non-hydrogen) atoms. The average molecular weight is 449 g/mol. The van der Waals surface area contributed by atoms with E-state index in [9.17, 15) is 4.79 Å². The van der Waals surface area contributed by atoms with Gasteiger partial charge in [0.1, 0.15) is 12.1 Å². The van der Waals surface area contributed by atoms with E-state index in [0.717, 1.165) is 16.3 Å². The lowest BCUT2D eigenvalue weighted by molar-refractivity contribution is -0.108. The summed E-state index contributed by atoms with van der Waals surface area (Å²) >= 11 is 9.37. The number of carbonyl (C=O) groups excluding carboxylic acids is 1. The van der Waals surface area contributed by atoms with Crippen molar-refractivity contribution >= 4 is 33.8 Å². The van der Waals surface area contributed by atoms with Gasteiger partial charge in [0.25, 0.3) is 0 Å². The van der Waals surface area contributed by atoms with Crippen molar-refractivity contribution in [3.8, 4) is 5.88 Å². The molecular weight excluding hydrogens is 433 g/mol. The van der Waals surface area contributed by atoms with Gasteiger partial charge in [-0.05, 0) is 35.4 Å². The smallest absolute Gasteiger partial charge is 0.212 e. The van der Waals surface area contributed by atoms with Gasteiger partial charge in [-0.3, -0.25) is 0 Å². The van der Waals surface area contributed by atoms with Crippen LogP contribution in [0.4, 0.5) is 4.39 Å². The zero-order valence-electron chi connectivity index (χ0n) is 14.5. The molecule has 1 aromatic heterocycles. The van der Waals surface area contributed by atoms with Crippen LogP contribution in [-0.2, 0) is 10.2 Å². The largest absolute Gasteiger partial charge is 0.481 e. The highest BCUT2D eigenvalue weighted by molar-refractivity contribution is 9.10. The van der Waals surface area contributed by atoms with E-state index in [1.165, 1.54) is 13.2 Å². The summed E-state index contributed by atoms with van der Waals surface area (Å²) in [6.45, 7) is 0. The molecule has 2 aromatic carbocycles. The van der Waals surface area contributed by atoms with E-state index in [0.29, 0.717) is 22.0 Å². The quantitative estimate of drug-likeness (QED) is 0.463. The zero-order valence-corrected chi connectivity index (χ0v) is 16.8. The first-order valence-corrected chi connectivity index (χ1v) is 9.34. The number of aromatic nitrogens is 1. The van der Waals surface area contributed by atoms with Crippen LogP contribution in [0, 0.1) is 5.82 Å². The Hall–Kier alpha value is -2.24. The molecule has 0 N–H and O–H groups in total. The van der Waals surface area contributed by atoms with E-state index < -0.39 is 11.2 Å². The minimum absolute atomic E-state index is 0.0429. The number of ether oxygens (including phenoxy) is 1. The van der Waals surface area contributed by atoms with Crippen LogP contribution in [-0.4, -0.2) is 18.4 Å². The minimum Gasteiger partial charge on any atom is -0.481 e. The molecule has 3 aromatic rings. The highest BCUT2D eigenvalue weighted by atomic mass is 79.9. The van der Waals surface area contributed by atoms with Gasteiger partial charge >= 0.3 is 0 Å². The average Bonchev–Trinajstić information content (AvgIpc) is 2.67. The van der Waals surface area contributed by atoms with E-state index in [-0.39, 0.29) is 6.42 Å². The predicted octanol–water partition coefficient (Wildman–Crippen LogP) is 5.57. The standard InChI is InChI=1S/C21H16BrClFNO2/c1-27-20-9-4-15(13-25-20)21(10-11-26,14-2-5-16(22)6-3-14)18-8-7-17(23)12-19(18)24/h2-9,11-13H,10H2,1H3. The summed E-state index contributed by atoms with van der Waals surface area (Å²) in [5.41, 5.74) is 0.759. The molecule has 0 aliphatic carbocycles. The summed E-state index contributed by atoms with van der Waals surface area (Å²) in [5.74, 6) is -0.0470. The number of pyridine rings is 1. The van der Waals surface area contributed by atoms with Crippen LogP contribution in [0.5, 0.6) is 5.88 Å². The third-order valence-corrected chi connectivity index (χ3v) is 5.32. The highest BCUT2D eigenvalue weighted by Gasteiger charge is 2.38. The molecule has 1 heterocycles. The van der Waals surface area contributed by atoms with Crippen LogP contribution < -0.4 is 4.74 Å². The summed E-state index contributed by atoms with van der Waals surface area (Å²) in [6, 6.07) is 15.4. The number of rotatable bonds is 6. The van der Waals surface area contributed by atoms with Gasteiger partial charge in [-0.15, -0.1) is 0 Å². The third kappa shape index (κ3) is 3.75. The third-order valence-electron chi connectivity index (χ3n) is 4.56. The van der Waals surface area contributed by atoms with Crippen LogP contribution in [0.1, 0.15) is 23.1 Å². The molecule has 138 valence electrons. The molecule has 0 aliphatic rings. The SMILES string of the molecule is COc1ccc(C(CC=O)(c2ccc(Br)cc2)c2ccc(Cl)cc2F)cn1. The maximum Gasteiger partial charge on any atom is 0.212 e. The van der Waals surface area contributed by atoms with Crippen molar-refractivity contribution in [2.75, 3.05) is 7.11 Å². The molecule has 0 amide bonds. The molecule has 1 unspecified atom stereocenters. The predicted molar refractivity (Wildman–Crippen MR) is 107 cm³/mol. The molecule has 0 saturated carbocycles. The Bertz CT molecular complexity index is 947. The lowest BCUT2D eigenvalue weighted by atomic mass is 9.68. The van der Waals surface area contributed by atoms with Gasteiger partial charge in [0.05, 0.1) is 12.5 Å². The summed E-state index contributed by atoms with van der Waals surface area (Å²) in [4.78, 5) is 16.0.